The highest BCUT2D eigenvalue weighted by atomic mass is 19.1. The van der Waals surface area contributed by atoms with Crippen molar-refractivity contribution in [3.8, 4) is 0 Å². The Morgan fingerprint density at radius 3 is 1.92 bits per heavy atom. The van der Waals surface area contributed by atoms with Gasteiger partial charge in [-0.3, -0.25) is 29.4 Å². The van der Waals surface area contributed by atoms with Crippen LogP contribution in [0, 0.1) is 40.2 Å². The van der Waals surface area contributed by atoms with Gasteiger partial charge in [-0.1, -0.05) is 74.9 Å². The summed E-state index contributed by atoms with van der Waals surface area (Å²) in [6, 6.07) is 4.81. The first kappa shape index (κ1) is 78.9. The minimum atomic E-state index is -1.95. The molecule has 7 fully saturated rings. The van der Waals surface area contributed by atoms with Crippen LogP contribution in [0.25, 0.3) is 11.4 Å². The number of likely N-dealkylation sites (tertiary alicyclic amines) is 1. The lowest BCUT2D eigenvalue weighted by molar-refractivity contribution is -0.338. The number of nitrogens with one attached hydrogen (secondary N) is 4. The van der Waals surface area contributed by atoms with Crippen LogP contribution in [0.2, 0.25) is 0 Å². The van der Waals surface area contributed by atoms with Crippen LogP contribution in [0.5, 0.6) is 0 Å². The van der Waals surface area contributed by atoms with E-state index in [2.05, 4.69) is 26.4 Å². The van der Waals surface area contributed by atoms with E-state index in [1.165, 1.54) is 56.4 Å². The number of hydroxylamine groups is 2. The second kappa shape index (κ2) is 37.0. The Bertz CT molecular complexity index is 3110. The number of hydrogen-bond donors (Lipinski definition) is 15. The molecule has 4 saturated heterocycles. The van der Waals surface area contributed by atoms with Crippen molar-refractivity contribution in [3.63, 3.8) is 0 Å². The second-order valence-electron chi connectivity index (χ2n) is 27.4. The molecular formula is C68H101F2N9O22. The van der Waals surface area contributed by atoms with E-state index >= 15 is 0 Å². The monoisotopic (exact) mass is 1430 g/mol. The van der Waals surface area contributed by atoms with Crippen LogP contribution in [0.4, 0.5) is 8.78 Å². The standard InChI is InChI=1S/C68H101F2N9O22/c1-4-37-24-40(29-48(61(37)101-68-60(88)59(87)55(83)34(2)95-68)98-66-53(76-35(3)82)62(57(85)51(33-81)100-66)96-49(65(91)78-19-10-20-78)23-36-11-6-5-7-12-36)63(89)73-17-21-94-22-18-74-64(90)41-27-46(75-30-44(71)38-13-8-15-42(69)25-38)56(84)47(28-41)97-67-58(86)54(52(77-92)50(32-80)99-67)79(93)31-45(72)39-14-9-16-43(70)26-39/h8-9,13-16,25-26,30-31,34,36-37,40-41,46-62,66-68,75,80-81,83-88,93H,4-7,10-12,17-24,27-29,32-33,71-72H2,1-3H3,(H,73,89)(H,74,90)(H,76,82)/b44-30-,45-31-/t34-,37?,40?,41?,46?,47-,48-,49-,50?,51?,52+,53?,54?,55?,56?,57+,58?,59?,60+,61?,62?,66-,67-,68?/m0/s1. The average Bonchev–Trinajstić information content (AvgIpc) is 0.782. The van der Waals surface area contributed by atoms with E-state index in [4.69, 9.17) is 49.4 Å². The van der Waals surface area contributed by atoms with Crippen LogP contribution in [0.1, 0.15) is 109 Å². The number of nitrogens with zero attached hydrogens (tertiary/aromatic N) is 3. The van der Waals surface area contributed by atoms with Gasteiger partial charge in [0.25, 0.3) is 5.91 Å². The van der Waals surface area contributed by atoms with E-state index < -0.39 is 189 Å². The number of ether oxygens (including phenoxy) is 8. The summed E-state index contributed by atoms with van der Waals surface area (Å²) >= 11 is 0. The van der Waals surface area contributed by atoms with Crippen molar-refractivity contribution in [1.29, 1.82) is 0 Å². The number of hydrogen-bond acceptors (Lipinski definition) is 27. The molecule has 0 aromatic heterocycles. The fourth-order valence-corrected chi connectivity index (χ4v) is 14.7. The van der Waals surface area contributed by atoms with E-state index in [0.29, 0.717) is 36.6 Å². The fraction of sp³-hybridized carbons (Fsp3) is 0.706. The fourth-order valence-electron chi connectivity index (χ4n) is 14.7. The molecule has 4 amide bonds. The molecule has 24 atom stereocenters. The van der Waals surface area contributed by atoms with Gasteiger partial charge in [0.1, 0.15) is 90.8 Å². The molecule has 4 heterocycles. The summed E-state index contributed by atoms with van der Waals surface area (Å²) in [5.74, 6) is -5.09. The first-order chi connectivity index (χ1) is 48.4. The van der Waals surface area contributed by atoms with Crippen LogP contribution in [-0.2, 0) is 57.1 Å². The highest BCUT2D eigenvalue weighted by molar-refractivity contribution is 5.82. The summed E-state index contributed by atoms with van der Waals surface area (Å²) < 4.78 is 78.4. The largest absolute Gasteiger partial charge is 0.397 e. The second-order valence-corrected chi connectivity index (χ2v) is 27.4. The normalized spacial score (nSPS) is 35.3. The van der Waals surface area contributed by atoms with E-state index in [1.807, 2.05) is 6.92 Å². The van der Waals surface area contributed by atoms with Crippen molar-refractivity contribution in [2.75, 3.05) is 52.6 Å². The minimum Gasteiger partial charge on any atom is -0.397 e. The number of amides is 4. The SMILES string of the molecule is CCC1CC(C(=O)NCCOCCNC(=O)C2CC(N/C=C(\N)c3cccc(F)c3)C(O)[C@@H](O[C@H]3OC(CO)[C@@H](N=O)C(N(O)/C=C(\N)c4cccc(F)c4)C3O)C2)C[C@H](O[C@H]2OC(CO)[C@@H](O)C(O[C@@H](CC3CCCCC3)C(=O)N3CCC3)C2NC(C)=O)C1OC1O[C@@H](C)C(O)C(O)[C@H]1O. The molecular weight excluding hydrogens is 1330 g/mol. The van der Waals surface area contributed by atoms with Crippen LogP contribution in [0.15, 0.2) is 66.1 Å². The topological polar surface area (TPSA) is 460 Å². The Morgan fingerprint density at radius 2 is 1.33 bits per heavy atom. The van der Waals surface area contributed by atoms with E-state index in [0.717, 1.165) is 50.8 Å². The van der Waals surface area contributed by atoms with Gasteiger partial charge >= 0.3 is 0 Å². The summed E-state index contributed by atoms with van der Waals surface area (Å²) in [7, 11) is 0. The van der Waals surface area contributed by atoms with Gasteiger partial charge in [-0.05, 0) is 81.5 Å². The van der Waals surface area contributed by atoms with Crippen LogP contribution < -0.4 is 32.7 Å². The Morgan fingerprint density at radius 1 is 0.723 bits per heavy atom. The third-order valence-electron chi connectivity index (χ3n) is 20.4. The molecule has 564 valence electrons. The van der Waals surface area contributed by atoms with Crippen LogP contribution in [-0.4, -0.2) is 261 Å². The maximum Gasteiger partial charge on any atom is 0.251 e. The van der Waals surface area contributed by atoms with Gasteiger partial charge in [-0.15, -0.1) is 0 Å². The maximum absolute atomic E-state index is 14.4. The van der Waals surface area contributed by atoms with Crippen molar-refractivity contribution in [1.82, 2.24) is 31.2 Å². The minimum absolute atomic E-state index is 0.0179. The molecule has 0 radical (unpaired) electrons. The number of nitrogens with two attached hydrogens (primary N) is 2. The zero-order valence-corrected chi connectivity index (χ0v) is 56.9. The molecule has 0 spiro atoms. The van der Waals surface area contributed by atoms with Gasteiger partial charge in [0.2, 0.25) is 17.7 Å². The Labute approximate surface area is 584 Å². The van der Waals surface area contributed by atoms with Gasteiger partial charge in [0.05, 0.1) is 74.5 Å². The zero-order valence-electron chi connectivity index (χ0n) is 56.9. The third-order valence-corrected chi connectivity index (χ3v) is 20.4. The lowest BCUT2D eigenvalue weighted by Crippen LogP contribution is -2.67. The number of halogens is 2. The average molecular weight is 1430 g/mol. The number of benzene rings is 2. The number of carbonyl (C=O) groups excluding carboxylic acids is 4. The summed E-state index contributed by atoms with van der Waals surface area (Å²) in [6.45, 7) is 3.89. The molecule has 9 rings (SSSR count). The summed E-state index contributed by atoms with van der Waals surface area (Å²) in [6.07, 6.45) is -15.9. The van der Waals surface area contributed by atoms with Crippen molar-refractivity contribution in [2.45, 2.75) is 226 Å². The molecule has 3 saturated carbocycles. The number of aliphatic hydroxyl groups is 8. The number of carbonyl (C=O) groups is 4. The first-order valence-electron chi connectivity index (χ1n) is 35.0. The molecule has 2 aromatic rings. The van der Waals surface area contributed by atoms with Gasteiger partial charge in [0, 0.05) is 62.3 Å². The molecule has 33 heteroatoms. The van der Waals surface area contributed by atoms with Gasteiger partial charge in [-0.2, -0.15) is 4.91 Å². The maximum atomic E-state index is 14.4. The predicted molar refractivity (Wildman–Crippen MR) is 352 cm³/mol. The lowest BCUT2D eigenvalue weighted by Gasteiger charge is -2.49. The van der Waals surface area contributed by atoms with Crippen molar-refractivity contribution >= 4 is 35.0 Å². The number of nitroso groups, excluding NO2 is 1. The summed E-state index contributed by atoms with van der Waals surface area (Å²) in [5, 5.41) is 115. The van der Waals surface area contributed by atoms with Crippen LogP contribution >= 0.6 is 0 Å². The predicted octanol–water partition coefficient (Wildman–Crippen LogP) is -0.611. The number of rotatable bonds is 30. The molecule has 17 N–H and O–H groups in total. The summed E-state index contributed by atoms with van der Waals surface area (Å²) in [4.78, 5) is 69.7. The molecule has 7 aliphatic rings. The molecule has 101 heavy (non-hydrogen) atoms. The van der Waals surface area contributed by atoms with Gasteiger partial charge < -0.3 is 116 Å². The van der Waals surface area contributed by atoms with E-state index in [-0.39, 0.29) is 80.8 Å². The molecule has 3 aliphatic carbocycles. The molecule has 2 aromatic carbocycles. The number of aliphatic hydroxyl groups excluding tert-OH is 8. The molecule has 0 bridgehead atoms. The van der Waals surface area contributed by atoms with Crippen molar-refractivity contribution in [3.05, 3.63) is 88.6 Å². The lowest BCUT2D eigenvalue weighted by atomic mass is 9.75. The smallest absolute Gasteiger partial charge is 0.251 e. The van der Waals surface area contributed by atoms with Crippen molar-refractivity contribution in [2.24, 2.45) is 40.3 Å². The summed E-state index contributed by atoms with van der Waals surface area (Å²) in [5.41, 5.74) is 12.8. The molecule has 31 nitrogen and oxygen atoms in total. The van der Waals surface area contributed by atoms with E-state index in [1.54, 1.807) is 11.0 Å². The molecule has 4 aliphatic heterocycles. The van der Waals surface area contributed by atoms with Gasteiger partial charge in [0.15, 0.2) is 18.9 Å². The van der Waals surface area contributed by atoms with Crippen LogP contribution in [0.3, 0.4) is 0 Å². The van der Waals surface area contributed by atoms with Gasteiger partial charge in [-0.25, -0.2) is 8.78 Å². The quantitative estimate of drug-likeness (QED) is 0.0263. The highest BCUT2D eigenvalue weighted by Crippen LogP contribution is 2.41. The highest BCUT2D eigenvalue weighted by Gasteiger charge is 2.55. The van der Waals surface area contributed by atoms with E-state index in [9.17, 15) is 78.9 Å². The third kappa shape index (κ3) is 20.0. The Hall–Kier alpha value is -6.22. The Kier molecular flexibility index (Phi) is 28.9. The van der Waals surface area contributed by atoms with Crippen molar-refractivity contribution < 1.29 is 112 Å². The zero-order chi connectivity index (χ0) is 72.8. The Balaban J connectivity index is 0.853. The molecule has 15 unspecified atom stereocenters. The first-order valence-corrected chi connectivity index (χ1v) is 35.0.